The summed E-state index contributed by atoms with van der Waals surface area (Å²) in [5.41, 5.74) is 0.588. The Kier molecular flexibility index (Phi) is 2.89. The minimum atomic E-state index is 0.588. The fraction of sp³-hybridized carbons (Fsp3) is 1.00. The molecule has 2 nitrogen and oxygen atoms in total. The molecule has 2 fully saturated rings. The van der Waals surface area contributed by atoms with E-state index in [-0.39, 0.29) is 0 Å². The molecule has 0 bridgehead atoms. The molecule has 2 heterocycles. The van der Waals surface area contributed by atoms with Crippen LogP contribution in [-0.4, -0.2) is 37.7 Å². The summed E-state index contributed by atoms with van der Waals surface area (Å²) in [5.74, 6) is 0. The molecule has 0 atom stereocenters. The van der Waals surface area contributed by atoms with E-state index in [4.69, 9.17) is 4.74 Å². The second-order valence-electron chi connectivity index (χ2n) is 4.64. The zero-order valence-corrected chi connectivity index (χ0v) is 8.72. The maximum Gasteiger partial charge on any atom is 0.0524 e. The van der Waals surface area contributed by atoms with Crippen LogP contribution in [0, 0.1) is 5.41 Å². The average Bonchev–Trinajstić information content (AvgIpc) is 2.59. The number of piperidine rings is 1. The van der Waals surface area contributed by atoms with Crippen LogP contribution in [0.5, 0.6) is 0 Å². The van der Waals surface area contributed by atoms with Gasteiger partial charge in [0.15, 0.2) is 0 Å². The molecule has 0 saturated carbocycles. The molecule has 13 heavy (non-hydrogen) atoms. The van der Waals surface area contributed by atoms with Crippen molar-refractivity contribution in [2.24, 2.45) is 5.41 Å². The largest absolute Gasteiger partial charge is 0.381 e. The van der Waals surface area contributed by atoms with Crippen LogP contribution in [0.2, 0.25) is 0 Å². The number of rotatable bonds is 2. The van der Waals surface area contributed by atoms with Gasteiger partial charge in [0.1, 0.15) is 0 Å². The van der Waals surface area contributed by atoms with E-state index in [9.17, 15) is 0 Å². The molecule has 2 aliphatic heterocycles. The molecule has 0 radical (unpaired) electrons. The van der Waals surface area contributed by atoms with E-state index in [1.54, 1.807) is 0 Å². The monoisotopic (exact) mass is 183 g/mol. The molecule has 0 aliphatic carbocycles. The van der Waals surface area contributed by atoms with Crippen molar-refractivity contribution in [1.29, 1.82) is 0 Å². The average molecular weight is 183 g/mol. The molecule has 2 heteroatoms. The highest BCUT2D eigenvalue weighted by Crippen LogP contribution is 2.38. The van der Waals surface area contributed by atoms with Crippen LogP contribution >= 0.6 is 0 Å². The summed E-state index contributed by atoms with van der Waals surface area (Å²) < 4.78 is 5.51. The molecule has 2 aliphatic rings. The van der Waals surface area contributed by atoms with E-state index in [0.29, 0.717) is 5.41 Å². The van der Waals surface area contributed by atoms with Gasteiger partial charge in [0.05, 0.1) is 6.61 Å². The second-order valence-corrected chi connectivity index (χ2v) is 4.64. The topological polar surface area (TPSA) is 12.5 Å². The molecule has 0 aromatic heterocycles. The van der Waals surface area contributed by atoms with Gasteiger partial charge >= 0.3 is 0 Å². The van der Waals surface area contributed by atoms with Crippen molar-refractivity contribution in [2.75, 3.05) is 32.8 Å². The first-order chi connectivity index (χ1) is 6.35. The smallest absolute Gasteiger partial charge is 0.0524 e. The Morgan fingerprint density at radius 1 is 1.23 bits per heavy atom. The summed E-state index contributed by atoms with van der Waals surface area (Å²) in [6.07, 6.45) is 5.34. The lowest BCUT2D eigenvalue weighted by Crippen LogP contribution is -2.40. The molecule has 0 unspecified atom stereocenters. The Bertz CT molecular complexity index is 153. The molecule has 76 valence electrons. The Labute approximate surface area is 81.3 Å². The molecule has 0 amide bonds. The zero-order valence-electron chi connectivity index (χ0n) is 8.72. The van der Waals surface area contributed by atoms with Gasteiger partial charge in [-0.25, -0.2) is 0 Å². The van der Waals surface area contributed by atoms with Gasteiger partial charge < -0.3 is 9.64 Å². The van der Waals surface area contributed by atoms with Crippen LogP contribution < -0.4 is 0 Å². The van der Waals surface area contributed by atoms with Crippen molar-refractivity contribution >= 4 is 0 Å². The first-order valence-corrected chi connectivity index (χ1v) is 5.65. The summed E-state index contributed by atoms with van der Waals surface area (Å²) in [5, 5.41) is 0. The highest BCUT2D eigenvalue weighted by molar-refractivity contribution is 4.88. The Morgan fingerprint density at radius 2 is 2.00 bits per heavy atom. The van der Waals surface area contributed by atoms with Crippen LogP contribution in [0.15, 0.2) is 0 Å². The lowest BCUT2D eigenvalue weighted by molar-refractivity contribution is 0.0808. The minimum Gasteiger partial charge on any atom is -0.381 e. The van der Waals surface area contributed by atoms with Gasteiger partial charge in [0.2, 0.25) is 0 Å². The van der Waals surface area contributed by atoms with Gasteiger partial charge in [-0.1, -0.05) is 6.92 Å². The van der Waals surface area contributed by atoms with Gasteiger partial charge in [-0.3, -0.25) is 0 Å². The molecular weight excluding hydrogens is 162 g/mol. The van der Waals surface area contributed by atoms with E-state index in [1.165, 1.54) is 45.3 Å². The van der Waals surface area contributed by atoms with Crippen LogP contribution in [0.25, 0.3) is 0 Å². The Hall–Kier alpha value is -0.0800. The summed E-state index contributed by atoms with van der Waals surface area (Å²) in [7, 11) is 0. The van der Waals surface area contributed by atoms with Crippen LogP contribution in [0.4, 0.5) is 0 Å². The van der Waals surface area contributed by atoms with Crippen molar-refractivity contribution in [3.8, 4) is 0 Å². The third-order valence-electron chi connectivity index (χ3n) is 3.64. The third kappa shape index (κ3) is 2.05. The van der Waals surface area contributed by atoms with Crippen molar-refractivity contribution in [1.82, 2.24) is 4.90 Å². The Balaban J connectivity index is 1.81. The first-order valence-electron chi connectivity index (χ1n) is 5.65. The number of ether oxygens (including phenoxy) is 1. The van der Waals surface area contributed by atoms with Gasteiger partial charge in [-0.15, -0.1) is 0 Å². The number of likely N-dealkylation sites (tertiary alicyclic amines) is 1. The van der Waals surface area contributed by atoms with Crippen molar-refractivity contribution < 1.29 is 4.74 Å². The molecule has 0 N–H and O–H groups in total. The molecule has 1 spiro atoms. The van der Waals surface area contributed by atoms with Crippen LogP contribution in [0.3, 0.4) is 0 Å². The maximum atomic E-state index is 5.51. The quantitative estimate of drug-likeness (QED) is 0.648. The predicted octanol–water partition coefficient (Wildman–Crippen LogP) is 1.90. The number of hydrogen-bond acceptors (Lipinski definition) is 2. The summed E-state index contributed by atoms with van der Waals surface area (Å²) >= 11 is 0. The second kappa shape index (κ2) is 3.97. The van der Waals surface area contributed by atoms with Gasteiger partial charge in [0, 0.05) is 6.61 Å². The molecule has 0 aromatic rings. The fourth-order valence-corrected chi connectivity index (χ4v) is 2.61. The highest BCUT2D eigenvalue weighted by Gasteiger charge is 2.37. The third-order valence-corrected chi connectivity index (χ3v) is 3.64. The van der Waals surface area contributed by atoms with Crippen molar-refractivity contribution in [2.45, 2.75) is 32.6 Å². The fourth-order valence-electron chi connectivity index (χ4n) is 2.61. The summed E-state index contributed by atoms with van der Waals surface area (Å²) in [4.78, 5) is 2.60. The normalized spacial score (nSPS) is 28.4. The maximum absolute atomic E-state index is 5.51. The molecular formula is C11H21NO. The number of hydrogen-bond donors (Lipinski definition) is 0. The summed E-state index contributed by atoms with van der Waals surface area (Å²) in [6.45, 7) is 8.20. The Morgan fingerprint density at radius 3 is 2.54 bits per heavy atom. The van der Waals surface area contributed by atoms with Crippen molar-refractivity contribution in [3.63, 3.8) is 0 Å². The molecule has 0 aromatic carbocycles. The molecule has 2 saturated heterocycles. The highest BCUT2D eigenvalue weighted by atomic mass is 16.5. The van der Waals surface area contributed by atoms with Gasteiger partial charge in [0.25, 0.3) is 0 Å². The van der Waals surface area contributed by atoms with E-state index in [2.05, 4.69) is 11.8 Å². The SMILES string of the molecule is CCCN1CCC2(CCOC2)CC1. The summed E-state index contributed by atoms with van der Waals surface area (Å²) in [6, 6.07) is 0. The molecule has 2 rings (SSSR count). The van der Waals surface area contributed by atoms with Crippen LogP contribution in [-0.2, 0) is 4.74 Å². The lowest BCUT2D eigenvalue weighted by atomic mass is 9.78. The standard InChI is InChI=1S/C11H21NO/c1-2-6-12-7-3-11(4-8-12)5-9-13-10-11/h2-10H2,1H3. The first kappa shape index (κ1) is 9.47. The van der Waals surface area contributed by atoms with Crippen LogP contribution in [0.1, 0.15) is 32.6 Å². The van der Waals surface area contributed by atoms with E-state index in [1.807, 2.05) is 0 Å². The number of nitrogens with zero attached hydrogens (tertiary/aromatic N) is 1. The van der Waals surface area contributed by atoms with Crippen molar-refractivity contribution in [3.05, 3.63) is 0 Å². The predicted molar refractivity (Wildman–Crippen MR) is 53.8 cm³/mol. The van der Waals surface area contributed by atoms with Gasteiger partial charge in [-0.2, -0.15) is 0 Å². The van der Waals surface area contributed by atoms with Gasteiger partial charge in [-0.05, 0) is 50.7 Å². The minimum absolute atomic E-state index is 0.588. The van der Waals surface area contributed by atoms with E-state index < -0.39 is 0 Å². The van der Waals surface area contributed by atoms with E-state index in [0.717, 1.165) is 13.2 Å². The van der Waals surface area contributed by atoms with E-state index >= 15 is 0 Å². The lowest BCUT2D eigenvalue weighted by Gasteiger charge is -2.38. The zero-order chi connectivity index (χ0) is 9.15.